The molecule has 1 saturated heterocycles. The van der Waals surface area contributed by atoms with Crippen LogP contribution in [0, 0.1) is 0 Å². The summed E-state index contributed by atoms with van der Waals surface area (Å²) in [5.41, 5.74) is 1.24. The summed E-state index contributed by atoms with van der Waals surface area (Å²) in [6, 6.07) is 4.79. The van der Waals surface area contributed by atoms with Crippen molar-refractivity contribution in [3.8, 4) is 17.2 Å². The fourth-order valence-corrected chi connectivity index (χ4v) is 3.45. The number of ketones is 1. The molecule has 1 amide bonds. The number of likely N-dealkylation sites (tertiary alicyclic amines) is 1. The standard InChI is InChI=1S/C22H26N2O7/c1-28-18-8-14(9-19(29-2)21(18)30-3)10-20(26)31-13-17(25)15-11-16(23-12-15)22(27)24-6-4-5-7-24/h8-9,11-12,23H,4-7,10,13H2,1-3H3. The third kappa shape index (κ3) is 5.17. The van der Waals surface area contributed by atoms with Gasteiger partial charge in [-0.1, -0.05) is 0 Å². The van der Waals surface area contributed by atoms with Crippen LogP contribution in [0.1, 0.15) is 39.3 Å². The molecule has 166 valence electrons. The molecular formula is C22H26N2O7. The lowest BCUT2D eigenvalue weighted by molar-refractivity contribution is -0.141. The van der Waals surface area contributed by atoms with Gasteiger partial charge < -0.3 is 28.8 Å². The Balaban J connectivity index is 1.57. The minimum absolute atomic E-state index is 0.0736. The van der Waals surface area contributed by atoms with Gasteiger partial charge in [0.15, 0.2) is 18.1 Å². The van der Waals surface area contributed by atoms with Gasteiger partial charge in [-0.25, -0.2) is 0 Å². The van der Waals surface area contributed by atoms with E-state index in [4.69, 9.17) is 18.9 Å². The number of methoxy groups -OCH3 is 3. The van der Waals surface area contributed by atoms with E-state index in [0.717, 1.165) is 25.9 Å². The highest BCUT2D eigenvalue weighted by Crippen LogP contribution is 2.38. The highest BCUT2D eigenvalue weighted by atomic mass is 16.5. The fraction of sp³-hybridized carbons (Fsp3) is 0.409. The van der Waals surface area contributed by atoms with Crippen molar-refractivity contribution in [2.24, 2.45) is 0 Å². The largest absolute Gasteiger partial charge is 0.493 e. The van der Waals surface area contributed by atoms with Crippen molar-refractivity contribution in [3.63, 3.8) is 0 Å². The molecule has 0 spiro atoms. The van der Waals surface area contributed by atoms with Crippen LogP contribution in [0.25, 0.3) is 0 Å². The van der Waals surface area contributed by atoms with E-state index in [1.165, 1.54) is 33.6 Å². The molecule has 1 fully saturated rings. The van der Waals surface area contributed by atoms with Crippen molar-refractivity contribution in [2.45, 2.75) is 19.3 Å². The van der Waals surface area contributed by atoms with E-state index >= 15 is 0 Å². The number of ether oxygens (including phenoxy) is 4. The smallest absolute Gasteiger partial charge is 0.310 e. The van der Waals surface area contributed by atoms with Crippen LogP contribution in [0.2, 0.25) is 0 Å². The average molecular weight is 430 g/mol. The first-order chi connectivity index (χ1) is 15.0. The number of nitrogens with zero attached hydrogens (tertiary/aromatic N) is 1. The number of aromatic amines is 1. The highest BCUT2D eigenvalue weighted by Gasteiger charge is 2.22. The molecule has 0 radical (unpaired) electrons. The molecule has 1 aliphatic rings. The van der Waals surface area contributed by atoms with Crippen LogP contribution in [-0.2, 0) is 16.0 Å². The van der Waals surface area contributed by atoms with E-state index in [2.05, 4.69) is 4.98 Å². The number of benzene rings is 1. The molecule has 0 atom stereocenters. The Hall–Kier alpha value is -3.49. The lowest BCUT2D eigenvalue weighted by atomic mass is 10.1. The minimum atomic E-state index is -0.577. The van der Waals surface area contributed by atoms with Crippen molar-refractivity contribution >= 4 is 17.7 Å². The number of rotatable bonds is 9. The Morgan fingerprint density at radius 2 is 1.61 bits per heavy atom. The Labute approximate surface area is 180 Å². The van der Waals surface area contributed by atoms with E-state index < -0.39 is 18.4 Å². The Bertz CT molecular complexity index is 936. The zero-order valence-corrected chi connectivity index (χ0v) is 17.9. The lowest BCUT2D eigenvalue weighted by Crippen LogP contribution is -2.27. The zero-order valence-electron chi connectivity index (χ0n) is 17.9. The number of esters is 1. The number of amides is 1. The van der Waals surface area contributed by atoms with E-state index in [9.17, 15) is 14.4 Å². The van der Waals surface area contributed by atoms with Crippen LogP contribution < -0.4 is 14.2 Å². The van der Waals surface area contributed by atoms with Crippen molar-refractivity contribution in [2.75, 3.05) is 41.0 Å². The molecule has 9 heteroatoms. The second-order valence-electron chi connectivity index (χ2n) is 7.10. The summed E-state index contributed by atoms with van der Waals surface area (Å²) in [5.74, 6) is 0.160. The molecule has 31 heavy (non-hydrogen) atoms. The SMILES string of the molecule is COc1cc(CC(=O)OCC(=O)c2c[nH]c(C(=O)N3CCCC3)c2)cc(OC)c1OC. The minimum Gasteiger partial charge on any atom is -0.493 e. The molecule has 1 aliphatic heterocycles. The molecule has 2 heterocycles. The summed E-state index contributed by atoms with van der Waals surface area (Å²) in [4.78, 5) is 41.6. The molecule has 3 rings (SSSR count). The molecule has 1 aromatic carbocycles. The molecule has 9 nitrogen and oxygen atoms in total. The Morgan fingerprint density at radius 1 is 0.968 bits per heavy atom. The summed E-state index contributed by atoms with van der Waals surface area (Å²) in [5, 5.41) is 0. The quantitative estimate of drug-likeness (QED) is 0.480. The van der Waals surface area contributed by atoms with Crippen LogP contribution in [0.3, 0.4) is 0 Å². The van der Waals surface area contributed by atoms with Crippen molar-refractivity contribution in [3.05, 3.63) is 41.2 Å². The van der Waals surface area contributed by atoms with Crippen LogP contribution in [0.5, 0.6) is 17.2 Å². The van der Waals surface area contributed by atoms with Crippen molar-refractivity contribution in [1.82, 2.24) is 9.88 Å². The topological polar surface area (TPSA) is 107 Å². The number of hydrogen-bond acceptors (Lipinski definition) is 7. The number of carbonyl (C=O) groups is 3. The maximum absolute atomic E-state index is 12.4. The van der Waals surface area contributed by atoms with Gasteiger partial charge >= 0.3 is 5.97 Å². The first kappa shape index (κ1) is 22.2. The fourth-order valence-electron chi connectivity index (χ4n) is 3.45. The third-order valence-electron chi connectivity index (χ3n) is 5.07. The maximum Gasteiger partial charge on any atom is 0.310 e. The second kappa shape index (κ2) is 10.0. The van der Waals surface area contributed by atoms with Gasteiger partial charge in [-0.3, -0.25) is 14.4 Å². The van der Waals surface area contributed by atoms with Crippen LogP contribution >= 0.6 is 0 Å². The van der Waals surface area contributed by atoms with Gasteiger partial charge in [0.2, 0.25) is 11.5 Å². The first-order valence-corrected chi connectivity index (χ1v) is 9.92. The van der Waals surface area contributed by atoms with E-state index in [-0.39, 0.29) is 12.3 Å². The highest BCUT2D eigenvalue weighted by molar-refractivity contribution is 6.01. The normalized spacial score (nSPS) is 13.1. The number of aromatic nitrogens is 1. The van der Waals surface area contributed by atoms with E-state index in [1.54, 1.807) is 17.0 Å². The number of nitrogens with one attached hydrogen (secondary N) is 1. The molecular weight excluding hydrogens is 404 g/mol. The summed E-state index contributed by atoms with van der Waals surface area (Å²) in [6.07, 6.45) is 3.36. The molecule has 0 bridgehead atoms. The molecule has 1 aromatic heterocycles. The van der Waals surface area contributed by atoms with Gasteiger partial charge in [0.05, 0.1) is 27.8 Å². The Kier molecular flexibility index (Phi) is 7.17. The summed E-state index contributed by atoms with van der Waals surface area (Å²) < 4.78 is 20.9. The van der Waals surface area contributed by atoms with Gasteiger partial charge in [-0.05, 0) is 36.6 Å². The van der Waals surface area contributed by atoms with Crippen LogP contribution in [0.15, 0.2) is 24.4 Å². The number of Topliss-reactive ketones (excluding diaryl/α,β-unsaturated/α-hetero) is 1. The zero-order chi connectivity index (χ0) is 22.4. The number of H-pyrrole nitrogens is 1. The van der Waals surface area contributed by atoms with Gasteiger partial charge in [0, 0.05) is 24.8 Å². The van der Waals surface area contributed by atoms with E-state index in [0.29, 0.717) is 34.1 Å². The Morgan fingerprint density at radius 3 is 2.19 bits per heavy atom. The maximum atomic E-state index is 12.4. The molecule has 1 N–H and O–H groups in total. The molecule has 0 aliphatic carbocycles. The molecule has 0 unspecified atom stereocenters. The van der Waals surface area contributed by atoms with Crippen LogP contribution in [-0.4, -0.2) is 68.6 Å². The first-order valence-electron chi connectivity index (χ1n) is 9.92. The summed E-state index contributed by atoms with van der Waals surface area (Å²) in [6.45, 7) is 1.03. The average Bonchev–Trinajstić information content (AvgIpc) is 3.48. The van der Waals surface area contributed by atoms with Gasteiger partial charge in [0.25, 0.3) is 5.91 Å². The monoisotopic (exact) mass is 430 g/mol. The number of carbonyl (C=O) groups excluding carboxylic acids is 3. The predicted octanol–water partition coefficient (Wildman–Crippen LogP) is 2.25. The predicted molar refractivity (Wildman–Crippen MR) is 111 cm³/mol. The molecule has 0 saturated carbocycles. The van der Waals surface area contributed by atoms with Crippen molar-refractivity contribution in [1.29, 1.82) is 0 Å². The third-order valence-corrected chi connectivity index (χ3v) is 5.07. The van der Waals surface area contributed by atoms with Gasteiger partial charge in [0.1, 0.15) is 5.69 Å². The lowest BCUT2D eigenvalue weighted by Gasteiger charge is -2.14. The summed E-state index contributed by atoms with van der Waals surface area (Å²) in [7, 11) is 4.46. The van der Waals surface area contributed by atoms with E-state index in [1.807, 2.05) is 0 Å². The molecule has 2 aromatic rings. The van der Waals surface area contributed by atoms with Crippen LogP contribution in [0.4, 0.5) is 0 Å². The van der Waals surface area contributed by atoms with Gasteiger partial charge in [-0.2, -0.15) is 0 Å². The van der Waals surface area contributed by atoms with Gasteiger partial charge in [-0.15, -0.1) is 0 Å². The number of hydrogen-bond donors (Lipinski definition) is 1. The van der Waals surface area contributed by atoms with Crippen molar-refractivity contribution < 1.29 is 33.3 Å². The second-order valence-corrected chi connectivity index (χ2v) is 7.10. The summed E-state index contributed by atoms with van der Waals surface area (Å²) >= 11 is 0.